The van der Waals surface area contributed by atoms with E-state index in [0.29, 0.717) is 12.0 Å². The van der Waals surface area contributed by atoms with Crippen molar-refractivity contribution in [3.05, 3.63) is 65.2 Å². The molecule has 2 aromatic carbocycles. The van der Waals surface area contributed by atoms with E-state index in [9.17, 15) is 9.59 Å². The van der Waals surface area contributed by atoms with E-state index in [2.05, 4.69) is 10.5 Å². The third-order valence-corrected chi connectivity index (χ3v) is 3.34. The molecule has 0 spiro atoms. The van der Waals surface area contributed by atoms with Crippen LogP contribution >= 0.6 is 0 Å². The fourth-order valence-electron chi connectivity index (χ4n) is 2.18. The van der Waals surface area contributed by atoms with Crippen molar-refractivity contribution >= 4 is 18.0 Å². The van der Waals surface area contributed by atoms with Crippen LogP contribution in [0.25, 0.3) is 0 Å². The maximum atomic E-state index is 12.0. The minimum Gasteiger partial charge on any atom is -0.489 e. The predicted octanol–water partition coefficient (Wildman–Crippen LogP) is 2.20. The molecule has 6 nitrogen and oxygen atoms in total. The summed E-state index contributed by atoms with van der Waals surface area (Å²) in [6.45, 7) is 2.20. The van der Waals surface area contributed by atoms with Gasteiger partial charge in [0.2, 0.25) is 6.41 Å². The minimum absolute atomic E-state index is 0.00795. The van der Waals surface area contributed by atoms with Crippen molar-refractivity contribution in [3.63, 3.8) is 0 Å². The van der Waals surface area contributed by atoms with Crippen molar-refractivity contribution in [2.45, 2.75) is 13.5 Å². The number of carbonyl (C=O) groups excluding carboxylic acids is 2. The molecule has 0 fully saturated rings. The van der Waals surface area contributed by atoms with Crippen LogP contribution in [0.1, 0.15) is 16.7 Å². The van der Waals surface area contributed by atoms with Crippen LogP contribution in [0.5, 0.6) is 5.75 Å². The van der Waals surface area contributed by atoms with Crippen molar-refractivity contribution in [3.8, 4) is 5.75 Å². The van der Waals surface area contributed by atoms with Gasteiger partial charge in [0.05, 0.1) is 0 Å². The SMILES string of the molecule is CON=C(C(=O)NC=O)c1ccccc1COc1ccccc1C. The highest BCUT2D eigenvalue weighted by molar-refractivity contribution is 6.46. The first kappa shape index (κ1) is 17.2. The molecule has 0 bridgehead atoms. The highest BCUT2D eigenvalue weighted by atomic mass is 16.6. The van der Waals surface area contributed by atoms with Gasteiger partial charge in [0, 0.05) is 5.56 Å². The first-order valence-electron chi connectivity index (χ1n) is 7.29. The molecule has 1 N–H and O–H groups in total. The zero-order chi connectivity index (χ0) is 17.4. The summed E-state index contributed by atoms with van der Waals surface area (Å²) in [5.74, 6) is 0.116. The van der Waals surface area contributed by atoms with Gasteiger partial charge in [0.15, 0.2) is 5.71 Å². The van der Waals surface area contributed by atoms with Crippen LogP contribution in [-0.4, -0.2) is 25.1 Å². The van der Waals surface area contributed by atoms with Crippen LogP contribution in [0.4, 0.5) is 0 Å². The Morgan fingerprint density at radius 2 is 1.88 bits per heavy atom. The first-order valence-corrected chi connectivity index (χ1v) is 7.29. The second-order valence-corrected chi connectivity index (χ2v) is 4.93. The molecule has 6 heteroatoms. The maximum absolute atomic E-state index is 12.0. The van der Waals surface area contributed by atoms with Gasteiger partial charge in [-0.05, 0) is 24.1 Å². The number of aryl methyl sites for hydroxylation is 1. The Balaban J connectivity index is 2.29. The molecule has 0 aromatic heterocycles. The van der Waals surface area contributed by atoms with E-state index < -0.39 is 5.91 Å². The molecule has 0 heterocycles. The average molecular weight is 326 g/mol. The number of rotatable bonds is 7. The summed E-state index contributed by atoms with van der Waals surface area (Å²) >= 11 is 0. The van der Waals surface area contributed by atoms with Gasteiger partial charge in [-0.2, -0.15) is 0 Å². The number of amides is 2. The van der Waals surface area contributed by atoms with Crippen LogP contribution in [0.15, 0.2) is 53.7 Å². The Morgan fingerprint density at radius 1 is 1.17 bits per heavy atom. The monoisotopic (exact) mass is 326 g/mol. The van der Waals surface area contributed by atoms with Crippen molar-refractivity contribution in [1.82, 2.24) is 5.32 Å². The molecule has 0 radical (unpaired) electrons. The number of imide groups is 1. The fourth-order valence-corrected chi connectivity index (χ4v) is 2.18. The molecule has 2 amide bonds. The lowest BCUT2D eigenvalue weighted by atomic mass is 10.0. The van der Waals surface area contributed by atoms with Crippen molar-refractivity contribution in [2.24, 2.45) is 5.16 Å². The molecule has 0 unspecified atom stereocenters. The highest BCUT2D eigenvalue weighted by Gasteiger charge is 2.18. The number of ether oxygens (including phenoxy) is 1. The Kier molecular flexibility index (Phi) is 6.08. The van der Waals surface area contributed by atoms with Crippen LogP contribution in [-0.2, 0) is 21.0 Å². The first-order chi connectivity index (χ1) is 11.7. The second-order valence-electron chi connectivity index (χ2n) is 4.93. The zero-order valence-corrected chi connectivity index (χ0v) is 13.5. The summed E-state index contributed by atoms with van der Waals surface area (Å²) in [5, 5.41) is 5.80. The zero-order valence-electron chi connectivity index (χ0n) is 13.5. The number of hydrogen-bond donors (Lipinski definition) is 1. The molecule has 2 aromatic rings. The van der Waals surface area contributed by atoms with Crippen LogP contribution in [0.3, 0.4) is 0 Å². The topological polar surface area (TPSA) is 77.0 Å². The number of benzene rings is 2. The molecular weight excluding hydrogens is 308 g/mol. The maximum Gasteiger partial charge on any atom is 0.280 e. The van der Waals surface area contributed by atoms with Crippen LogP contribution < -0.4 is 10.1 Å². The Hall–Kier alpha value is -3.15. The van der Waals surface area contributed by atoms with E-state index in [1.807, 2.05) is 43.3 Å². The minimum atomic E-state index is -0.643. The molecular formula is C18H18N2O4. The summed E-state index contributed by atoms with van der Waals surface area (Å²) < 4.78 is 5.83. The van der Waals surface area contributed by atoms with Crippen LogP contribution in [0, 0.1) is 6.92 Å². The molecule has 0 saturated heterocycles. The number of para-hydroxylation sites is 1. The lowest BCUT2D eigenvalue weighted by Crippen LogP contribution is -2.31. The van der Waals surface area contributed by atoms with Crippen LogP contribution in [0.2, 0.25) is 0 Å². The Bertz CT molecular complexity index is 756. The number of hydrogen-bond acceptors (Lipinski definition) is 5. The van der Waals surface area contributed by atoms with E-state index in [1.165, 1.54) is 7.11 Å². The summed E-state index contributed by atoms with van der Waals surface area (Å²) in [5.41, 5.74) is 2.30. The third-order valence-electron chi connectivity index (χ3n) is 3.34. The third kappa shape index (κ3) is 4.19. The van der Waals surface area contributed by atoms with Gasteiger partial charge in [0.25, 0.3) is 5.91 Å². The molecule has 24 heavy (non-hydrogen) atoms. The quantitative estimate of drug-likeness (QED) is 0.481. The molecule has 0 aliphatic rings. The Morgan fingerprint density at radius 3 is 2.58 bits per heavy atom. The van der Waals surface area contributed by atoms with E-state index in [4.69, 9.17) is 9.57 Å². The number of nitrogens with one attached hydrogen (secondary N) is 1. The second kappa shape index (κ2) is 8.47. The highest BCUT2D eigenvalue weighted by Crippen LogP contribution is 2.19. The summed E-state index contributed by atoms with van der Waals surface area (Å²) in [6.07, 6.45) is 0.306. The van der Waals surface area contributed by atoms with Gasteiger partial charge in [-0.25, -0.2) is 0 Å². The number of nitrogens with zero attached hydrogens (tertiary/aromatic N) is 1. The summed E-state index contributed by atoms with van der Waals surface area (Å²) in [6, 6.07) is 14.8. The van der Waals surface area contributed by atoms with Gasteiger partial charge >= 0.3 is 0 Å². The van der Waals surface area contributed by atoms with Gasteiger partial charge in [0.1, 0.15) is 19.5 Å². The number of oxime groups is 1. The van der Waals surface area contributed by atoms with Crippen molar-refractivity contribution in [1.29, 1.82) is 0 Å². The normalized spacial score (nSPS) is 10.8. The van der Waals surface area contributed by atoms with E-state index in [0.717, 1.165) is 16.9 Å². The molecule has 2 rings (SSSR count). The van der Waals surface area contributed by atoms with Gasteiger partial charge in [-0.15, -0.1) is 0 Å². The summed E-state index contributed by atoms with van der Waals surface area (Å²) in [7, 11) is 1.33. The van der Waals surface area contributed by atoms with Gasteiger partial charge in [-0.1, -0.05) is 47.6 Å². The average Bonchev–Trinajstić information content (AvgIpc) is 2.59. The largest absolute Gasteiger partial charge is 0.489 e. The van der Waals surface area contributed by atoms with Gasteiger partial charge < -0.3 is 9.57 Å². The smallest absolute Gasteiger partial charge is 0.280 e. The van der Waals surface area contributed by atoms with Crippen molar-refractivity contribution in [2.75, 3.05) is 7.11 Å². The molecule has 0 aliphatic heterocycles. The molecule has 124 valence electrons. The lowest BCUT2D eigenvalue weighted by Gasteiger charge is -2.13. The standard InChI is InChI=1S/C18H18N2O4/c1-13-7-3-6-10-16(13)24-11-14-8-4-5-9-15(14)17(20-23-2)18(22)19-12-21/h3-10,12H,11H2,1-2H3,(H,19,21,22). The Labute approximate surface area is 140 Å². The fraction of sp³-hybridized carbons (Fsp3) is 0.167. The molecule has 0 aliphatic carbocycles. The molecule has 0 atom stereocenters. The number of carbonyl (C=O) groups is 2. The van der Waals surface area contributed by atoms with E-state index >= 15 is 0 Å². The molecule has 0 saturated carbocycles. The lowest BCUT2D eigenvalue weighted by molar-refractivity contribution is -0.120. The van der Waals surface area contributed by atoms with E-state index in [1.54, 1.807) is 12.1 Å². The predicted molar refractivity (Wildman–Crippen MR) is 89.7 cm³/mol. The van der Waals surface area contributed by atoms with Gasteiger partial charge in [-0.3, -0.25) is 14.9 Å². The summed E-state index contributed by atoms with van der Waals surface area (Å²) in [4.78, 5) is 27.3. The van der Waals surface area contributed by atoms with E-state index in [-0.39, 0.29) is 12.3 Å². The van der Waals surface area contributed by atoms with Crippen molar-refractivity contribution < 1.29 is 19.2 Å².